The van der Waals surface area contributed by atoms with Crippen molar-refractivity contribution < 1.29 is 32.2 Å². The van der Waals surface area contributed by atoms with E-state index < -0.39 is 17.5 Å². The second kappa shape index (κ2) is 12.7. The number of rotatable bonds is 7. The molecule has 15 heteroatoms. The van der Waals surface area contributed by atoms with Crippen LogP contribution >= 0.6 is 0 Å². The number of ether oxygens (including phenoxy) is 3. The number of aromatic nitrogens is 4. The molecule has 2 aromatic heterocycles. The molecule has 0 aliphatic carbocycles. The van der Waals surface area contributed by atoms with Gasteiger partial charge in [-0.05, 0) is 30.9 Å². The third-order valence-electron chi connectivity index (χ3n) is 10.9. The minimum Gasteiger partial charge on any atom is -0.445 e. The lowest BCUT2D eigenvalue weighted by molar-refractivity contribution is -0.145. The molecule has 5 aliphatic heterocycles. The maximum Gasteiger partial charge on any atom is 0.451 e. The molecule has 8 rings (SSSR count). The van der Waals surface area contributed by atoms with E-state index in [2.05, 4.69) is 31.6 Å². The van der Waals surface area contributed by atoms with Gasteiger partial charge in [0.2, 0.25) is 5.82 Å². The van der Waals surface area contributed by atoms with E-state index in [9.17, 15) is 18.0 Å². The van der Waals surface area contributed by atoms with Crippen molar-refractivity contribution >= 4 is 17.7 Å². The van der Waals surface area contributed by atoms with E-state index in [4.69, 9.17) is 14.2 Å². The lowest BCUT2D eigenvalue weighted by Crippen LogP contribution is -2.84. The predicted octanol–water partition coefficient (Wildman–Crippen LogP) is 3.87. The van der Waals surface area contributed by atoms with Gasteiger partial charge in [0.15, 0.2) is 0 Å². The molecule has 1 atom stereocenters. The molecule has 1 spiro atoms. The van der Waals surface area contributed by atoms with Gasteiger partial charge in [-0.1, -0.05) is 30.3 Å². The number of alkyl halides is 3. The molecule has 7 heterocycles. The summed E-state index contributed by atoms with van der Waals surface area (Å²) in [7, 11) is 0. The van der Waals surface area contributed by atoms with Gasteiger partial charge in [-0.25, -0.2) is 14.8 Å². The first-order chi connectivity index (χ1) is 23.7. The van der Waals surface area contributed by atoms with Gasteiger partial charge in [-0.3, -0.25) is 9.58 Å². The first-order valence-electron chi connectivity index (χ1n) is 17.1. The number of halogens is 3. The SMILES string of the molecule is Cc1cnn(C2COC2)c1C1CCN(c2cc(N3C[C@@H](N4CCN(C(=O)OCc5ccccc5)CC4)C34COC4)nc(C(F)(F)F)n2)CC1. The predicted molar refractivity (Wildman–Crippen MR) is 172 cm³/mol. The Hall–Kier alpha value is -3.95. The second-order valence-electron chi connectivity index (χ2n) is 13.8. The van der Waals surface area contributed by atoms with Crippen LogP contribution in [0.15, 0.2) is 42.6 Å². The molecule has 1 aromatic carbocycles. The Bertz CT molecular complexity index is 1650. The zero-order chi connectivity index (χ0) is 33.8. The smallest absolute Gasteiger partial charge is 0.445 e. The van der Waals surface area contributed by atoms with E-state index in [0.717, 1.165) is 24.0 Å². The number of piperazine rings is 1. The van der Waals surface area contributed by atoms with Crippen molar-refractivity contribution in [1.82, 2.24) is 29.5 Å². The highest BCUT2D eigenvalue weighted by molar-refractivity contribution is 5.67. The highest BCUT2D eigenvalue weighted by atomic mass is 19.4. The molecule has 262 valence electrons. The normalized spacial score (nSPS) is 23.3. The Morgan fingerprint density at radius 2 is 1.69 bits per heavy atom. The molecule has 0 bridgehead atoms. The molecular formula is C34H41F3N8O4. The minimum absolute atomic E-state index is 0.0707. The summed E-state index contributed by atoms with van der Waals surface area (Å²) >= 11 is 0. The Morgan fingerprint density at radius 1 is 0.980 bits per heavy atom. The van der Waals surface area contributed by atoms with E-state index in [-0.39, 0.29) is 36.5 Å². The van der Waals surface area contributed by atoms with Gasteiger partial charge in [0.05, 0.1) is 44.7 Å². The number of piperidine rings is 1. The first kappa shape index (κ1) is 32.3. The van der Waals surface area contributed by atoms with Crippen LogP contribution in [0, 0.1) is 6.92 Å². The van der Waals surface area contributed by atoms with Crippen molar-refractivity contribution in [3.8, 4) is 0 Å². The highest BCUT2D eigenvalue weighted by Crippen LogP contribution is 2.45. The maximum atomic E-state index is 14.2. The minimum atomic E-state index is -4.68. The summed E-state index contributed by atoms with van der Waals surface area (Å²) < 4.78 is 61.3. The summed E-state index contributed by atoms with van der Waals surface area (Å²) in [4.78, 5) is 28.8. The van der Waals surface area contributed by atoms with E-state index in [1.807, 2.05) is 46.3 Å². The molecule has 0 unspecified atom stereocenters. The zero-order valence-corrected chi connectivity index (χ0v) is 27.5. The van der Waals surface area contributed by atoms with Gasteiger partial charge >= 0.3 is 12.3 Å². The van der Waals surface area contributed by atoms with Crippen LogP contribution in [-0.2, 0) is 27.0 Å². The van der Waals surface area contributed by atoms with Crippen molar-refractivity contribution in [2.24, 2.45) is 0 Å². The summed E-state index contributed by atoms with van der Waals surface area (Å²) in [5.74, 6) is -0.279. The van der Waals surface area contributed by atoms with Crippen LogP contribution in [0.25, 0.3) is 0 Å². The number of carbonyl (C=O) groups excluding carboxylic acids is 1. The average Bonchev–Trinajstić information content (AvgIpc) is 3.42. The van der Waals surface area contributed by atoms with Crippen LogP contribution < -0.4 is 9.80 Å². The average molecular weight is 683 g/mol. The fourth-order valence-electron chi connectivity index (χ4n) is 7.91. The molecule has 12 nitrogen and oxygen atoms in total. The van der Waals surface area contributed by atoms with E-state index in [1.54, 1.807) is 11.0 Å². The van der Waals surface area contributed by atoms with E-state index in [0.29, 0.717) is 78.1 Å². The Morgan fingerprint density at radius 3 is 2.33 bits per heavy atom. The lowest BCUT2D eigenvalue weighted by Gasteiger charge is -2.66. The largest absolute Gasteiger partial charge is 0.451 e. The third kappa shape index (κ3) is 5.99. The van der Waals surface area contributed by atoms with E-state index in [1.165, 1.54) is 5.69 Å². The van der Waals surface area contributed by atoms with Gasteiger partial charge in [-0.2, -0.15) is 18.3 Å². The molecular weight excluding hydrogens is 641 g/mol. The van der Waals surface area contributed by atoms with Crippen LogP contribution in [0.5, 0.6) is 0 Å². The third-order valence-corrected chi connectivity index (χ3v) is 10.9. The number of nitrogens with zero attached hydrogens (tertiary/aromatic N) is 8. The summed E-state index contributed by atoms with van der Waals surface area (Å²) in [6, 6.07) is 11.6. The maximum absolute atomic E-state index is 14.2. The number of hydrogen-bond acceptors (Lipinski definition) is 10. The fourth-order valence-corrected chi connectivity index (χ4v) is 7.91. The van der Waals surface area contributed by atoms with Gasteiger partial charge in [0, 0.05) is 63.5 Å². The second-order valence-corrected chi connectivity index (χ2v) is 13.8. The molecule has 5 saturated heterocycles. The molecule has 5 fully saturated rings. The lowest BCUT2D eigenvalue weighted by atomic mass is 9.76. The zero-order valence-electron chi connectivity index (χ0n) is 27.5. The molecule has 0 N–H and O–H groups in total. The highest BCUT2D eigenvalue weighted by Gasteiger charge is 2.61. The van der Waals surface area contributed by atoms with Gasteiger partial charge < -0.3 is 28.9 Å². The number of hydrogen-bond donors (Lipinski definition) is 0. The van der Waals surface area contributed by atoms with Crippen LogP contribution in [0.3, 0.4) is 0 Å². The number of aryl methyl sites for hydroxylation is 1. The molecule has 3 aromatic rings. The first-order valence-corrected chi connectivity index (χ1v) is 17.1. The van der Waals surface area contributed by atoms with Crippen LogP contribution in [0.4, 0.5) is 29.6 Å². The monoisotopic (exact) mass is 682 g/mol. The topological polar surface area (TPSA) is 101 Å². The molecule has 0 radical (unpaired) electrons. The summed E-state index contributed by atoms with van der Waals surface area (Å²) in [6.07, 6.45) is -1.55. The molecule has 0 saturated carbocycles. The quantitative estimate of drug-likeness (QED) is 0.365. The van der Waals surface area contributed by atoms with Crippen LogP contribution in [-0.4, -0.2) is 119 Å². The van der Waals surface area contributed by atoms with Crippen molar-refractivity contribution in [3.63, 3.8) is 0 Å². The van der Waals surface area contributed by atoms with Gasteiger partial charge in [-0.15, -0.1) is 0 Å². The standard InChI is InChI=1S/C34H41F3N8O4/c1-23-16-38-45(26-19-47-20-26)30(23)25-7-9-42(10-8-25)28-15-29(40-31(39-28)34(35,36)37)44-17-27(33(44)21-48-22-33)41-11-13-43(14-12-41)32(46)49-18-24-5-3-2-4-6-24/h2-6,15-16,25-27H,7-14,17-22H2,1H3/t27-/m1/s1. The summed E-state index contributed by atoms with van der Waals surface area (Å²) in [6.45, 7) is 8.41. The Labute approximate surface area is 282 Å². The van der Waals surface area contributed by atoms with Crippen molar-refractivity contribution in [2.45, 2.75) is 56.1 Å². The molecule has 1 amide bonds. The van der Waals surface area contributed by atoms with E-state index >= 15 is 0 Å². The number of carbonyl (C=O) groups is 1. The van der Waals surface area contributed by atoms with Crippen molar-refractivity contribution in [2.75, 3.05) is 82.0 Å². The van der Waals surface area contributed by atoms with Gasteiger partial charge in [0.25, 0.3) is 0 Å². The molecule has 5 aliphatic rings. The number of amides is 1. The Kier molecular flexibility index (Phi) is 8.39. The fraction of sp³-hybridized carbons (Fsp3) is 0.588. The van der Waals surface area contributed by atoms with Gasteiger partial charge in [0.1, 0.15) is 23.8 Å². The summed E-state index contributed by atoms with van der Waals surface area (Å²) in [5, 5.41) is 4.61. The summed E-state index contributed by atoms with van der Waals surface area (Å²) in [5.41, 5.74) is 2.80. The number of benzene rings is 1. The van der Waals surface area contributed by atoms with Crippen molar-refractivity contribution in [3.05, 3.63) is 65.2 Å². The Balaban J connectivity index is 0.935. The number of anilines is 2. The van der Waals surface area contributed by atoms with Crippen molar-refractivity contribution in [1.29, 1.82) is 0 Å². The van der Waals surface area contributed by atoms with Crippen LogP contribution in [0.1, 0.15) is 47.4 Å². The van der Waals surface area contributed by atoms with Crippen LogP contribution in [0.2, 0.25) is 0 Å². The molecule has 49 heavy (non-hydrogen) atoms.